The van der Waals surface area contributed by atoms with Crippen molar-refractivity contribution in [1.29, 1.82) is 0 Å². The van der Waals surface area contributed by atoms with Crippen molar-refractivity contribution >= 4 is 0 Å². The highest BCUT2D eigenvalue weighted by Gasteiger charge is 2.27. The monoisotopic (exact) mass is 221 g/mol. The molecule has 0 radical (unpaired) electrons. The summed E-state index contributed by atoms with van der Waals surface area (Å²) in [6, 6.07) is 4.29. The van der Waals surface area contributed by atoms with Crippen molar-refractivity contribution in [3.05, 3.63) is 23.3 Å². The summed E-state index contributed by atoms with van der Waals surface area (Å²) in [5.74, 6) is 2.37. The van der Waals surface area contributed by atoms with Gasteiger partial charge in [0.2, 0.25) is 0 Å². The van der Waals surface area contributed by atoms with Crippen LogP contribution in [0, 0.1) is 0 Å². The molecule has 0 fully saturated rings. The summed E-state index contributed by atoms with van der Waals surface area (Å²) < 4.78 is 10.9. The van der Waals surface area contributed by atoms with Crippen LogP contribution in [0.4, 0.5) is 0 Å². The first-order chi connectivity index (χ1) is 7.69. The van der Waals surface area contributed by atoms with E-state index in [2.05, 4.69) is 19.2 Å². The van der Waals surface area contributed by atoms with Gasteiger partial charge in [-0.25, -0.2) is 0 Å². The molecule has 0 spiro atoms. The zero-order valence-electron chi connectivity index (χ0n) is 10.3. The molecule has 0 bridgehead atoms. The second-order valence-corrected chi connectivity index (χ2v) is 4.33. The number of hydrogen-bond acceptors (Lipinski definition) is 3. The average molecular weight is 221 g/mol. The Morgan fingerprint density at radius 2 is 1.62 bits per heavy atom. The molecule has 16 heavy (non-hydrogen) atoms. The molecular weight excluding hydrogens is 202 g/mol. The van der Waals surface area contributed by atoms with Gasteiger partial charge in [-0.1, -0.05) is 6.92 Å². The van der Waals surface area contributed by atoms with E-state index >= 15 is 0 Å². The van der Waals surface area contributed by atoms with Crippen LogP contribution in [0.3, 0.4) is 0 Å². The Morgan fingerprint density at radius 3 is 2.19 bits per heavy atom. The summed E-state index contributed by atoms with van der Waals surface area (Å²) in [7, 11) is 3.44. The smallest absolute Gasteiger partial charge is 0.124 e. The van der Waals surface area contributed by atoms with Gasteiger partial charge in [-0.3, -0.25) is 0 Å². The largest absolute Gasteiger partial charge is 0.496 e. The normalized spacial score (nSPS) is 23.8. The third-order valence-electron chi connectivity index (χ3n) is 3.30. The summed E-state index contributed by atoms with van der Waals surface area (Å²) in [6.45, 7) is 5.35. The van der Waals surface area contributed by atoms with Gasteiger partial charge in [-0.2, -0.15) is 0 Å². The van der Waals surface area contributed by atoms with Crippen molar-refractivity contribution in [2.45, 2.75) is 25.8 Å². The predicted octanol–water partition coefficient (Wildman–Crippen LogP) is 2.47. The number of hydrogen-bond donors (Lipinski definition) is 1. The van der Waals surface area contributed by atoms with Crippen molar-refractivity contribution in [2.75, 3.05) is 20.8 Å². The van der Waals surface area contributed by atoms with Crippen LogP contribution < -0.4 is 14.8 Å². The highest BCUT2D eigenvalue weighted by molar-refractivity contribution is 5.53. The summed E-state index contributed by atoms with van der Waals surface area (Å²) in [5, 5.41) is 3.48. The minimum Gasteiger partial charge on any atom is -0.496 e. The maximum atomic E-state index is 5.45. The van der Waals surface area contributed by atoms with Crippen LogP contribution in [0.1, 0.15) is 36.9 Å². The van der Waals surface area contributed by atoms with E-state index in [1.54, 1.807) is 14.2 Å². The number of methoxy groups -OCH3 is 2. The molecular formula is C13H19NO2. The van der Waals surface area contributed by atoms with Crippen LogP contribution in [0.25, 0.3) is 0 Å². The SMILES string of the molecule is COc1ccc(OC)c2c1C(C)CNC2C. The van der Waals surface area contributed by atoms with E-state index in [0.717, 1.165) is 18.0 Å². The fourth-order valence-corrected chi connectivity index (χ4v) is 2.47. The molecule has 1 aliphatic heterocycles. The van der Waals surface area contributed by atoms with Gasteiger partial charge in [0.15, 0.2) is 0 Å². The number of benzene rings is 1. The van der Waals surface area contributed by atoms with Crippen LogP contribution in [0.2, 0.25) is 0 Å². The van der Waals surface area contributed by atoms with Crippen LogP contribution in [0.15, 0.2) is 12.1 Å². The number of ether oxygens (including phenoxy) is 2. The van der Waals surface area contributed by atoms with E-state index in [9.17, 15) is 0 Å². The van der Waals surface area contributed by atoms with Gasteiger partial charge in [-0.15, -0.1) is 0 Å². The molecule has 3 nitrogen and oxygen atoms in total. The first-order valence-corrected chi connectivity index (χ1v) is 5.67. The third kappa shape index (κ3) is 1.65. The van der Waals surface area contributed by atoms with Crippen LogP contribution in [-0.4, -0.2) is 20.8 Å². The standard InChI is InChI=1S/C13H19NO2/c1-8-7-14-9(2)13-11(16-4)6-5-10(15-3)12(8)13/h5-6,8-9,14H,7H2,1-4H3. The van der Waals surface area contributed by atoms with E-state index < -0.39 is 0 Å². The number of fused-ring (bicyclic) bond motifs is 1. The van der Waals surface area contributed by atoms with Gasteiger partial charge >= 0.3 is 0 Å². The average Bonchev–Trinajstić information content (AvgIpc) is 2.32. The van der Waals surface area contributed by atoms with E-state index in [1.165, 1.54) is 11.1 Å². The van der Waals surface area contributed by atoms with Crippen molar-refractivity contribution in [3.63, 3.8) is 0 Å². The van der Waals surface area contributed by atoms with Gasteiger partial charge in [0.25, 0.3) is 0 Å². The molecule has 0 aliphatic carbocycles. The fourth-order valence-electron chi connectivity index (χ4n) is 2.47. The molecule has 2 rings (SSSR count). The van der Waals surface area contributed by atoms with E-state index in [-0.39, 0.29) is 0 Å². The lowest BCUT2D eigenvalue weighted by molar-refractivity contribution is 0.371. The Hall–Kier alpha value is -1.22. The molecule has 1 heterocycles. The Balaban J connectivity index is 2.63. The Bertz CT molecular complexity index is 353. The van der Waals surface area contributed by atoms with Crippen molar-refractivity contribution in [1.82, 2.24) is 5.32 Å². The van der Waals surface area contributed by atoms with Gasteiger partial charge in [0.05, 0.1) is 14.2 Å². The Morgan fingerprint density at radius 1 is 1.06 bits per heavy atom. The molecule has 0 saturated heterocycles. The minimum atomic E-state index is 0.316. The van der Waals surface area contributed by atoms with Gasteiger partial charge < -0.3 is 14.8 Å². The van der Waals surface area contributed by atoms with Crippen LogP contribution >= 0.6 is 0 Å². The molecule has 0 amide bonds. The highest BCUT2D eigenvalue weighted by Crippen LogP contribution is 2.41. The Kier molecular flexibility index (Phi) is 3.06. The maximum Gasteiger partial charge on any atom is 0.124 e. The lowest BCUT2D eigenvalue weighted by atomic mass is 9.87. The minimum absolute atomic E-state index is 0.316. The maximum absolute atomic E-state index is 5.45. The van der Waals surface area contributed by atoms with Gasteiger partial charge in [0, 0.05) is 23.7 Å². The first kappa shape index (κ1) is 11.3. The molecule has 1 N–H and O–H groups in total. The number of nitrogens with one attached hydrogen (secondary N) is 1. The zero-order valence-corrected chi connectivity index (χ0v) is 10.3. The fraction of sp³-hybridized carbons (Fsp3) is 0.538. The first-order valence-electron chi connectivity index (χ1n) is 5.67. The molecule has 0 aromatic heterocycles. The zero-order chi connectivity index (χ0) is 11.7. The summed E-state index contributed by atoms with van der Waals surface area (Å²) in [6.07, 6.45) is 0. The van der Waals surface area contributed by atoms with E-state index in [0.29, 0.717) is 12.0 Å². The molecule has 2 atom stereocenters. The van der Waals surface area contributed by atoms with E-state index in [4.69, 9.17) is 9.47 Å². The highest BCUT2D eigenvalue weighted by atomic mass is 16.5. The van der Waals surface area contributed by atoms with Crippen molar-refractivity contribution < 1.29 is 9.47 Å². The van der Waals surface area contributed by atoms with E-state index in [1.807, 2.05) is 12.1 Å². The lowest BCUT2D eigenvalue weighted by Crippen LogP contribution is -2.31. The van der Waals surface area contributed by atoms with Crippen LogP contribution in [0.5, 0.6) is 11.5 Å². The molecule has 2 unspecified atom stereocenters. The second-order valence-electron chi connectivity index (χ2n) is 4.33. The molecule has 1 aliphatic rings. The number of rotatable bonds is 2. The van der Waals surface area contributed by atoms with Crippen LogP contribution in [-0.2, 0) is 0 Å². The van der Waals surface area contributed by atoms with Gasteiger partial charge in [0.1, 0.15) is 11.5 Å². The second kappa shape index (κ2) is 4.34. The summed E-state index contributed by atoms with van der Waals surface area (Å²) in [4.78, 5) is 0. The molecule has 88 valence electrons. The summed E-state index contributed by atoms with van der Waals surface area (Å²) in [5.41, 5.74) is 2.52. The third-order valence-corrected chi connectivity index (χ3v) is 3.30. The van der Waals surface area contributed by atoms with Crippen molar-refractivity contribution in [2.24, 2.45) is 0 Å². The molecule has 0 saturated carbocycles. The molecule has 3 heteroatoms. The topological polar surface area (TPSA) is 30.5 Å². The molecule has 1 aromatic carbocycles. The molecule has 1 aromatic rings. The lowest BCUT2D eigenvalue weighted by Gasteiger charge is -2.31. The quantitative estimate of drug-likeness (QED) is 0.832. The Labute approximate surface area is 96.8 Å². The van der Waals surface area contributed by atoms with Crippen molar-refractivity contribution in [3.8, 4) is 11.5 Å². The summed E-state index contributed by atoms with van der Waals surface area (Å²) >= 11 is 0. The van der Waals surface area contributed by atoms with Gasteiger partial charge in [-0.05, 0) is 25.0 Å². The predicted molar refractivity (Wildman–Crippen MR) is 64.4 cm³/mol.